The van der Waals surface area contributed by atoms with E-state index in [0.717, 1.165) is 24.3 Å². The van der Waals surface area contributed by atoms with E-state index in [9.17, 15) is 4.79 Å². The summed E-state index contributed by atoms with van der Waals surface area (Å²) in [5.41, 5.74) is 6.60. The molecule has 0 radical (unpaired) electrons. The fraction of sp³-hybridized carbons (Fsp3) is 0.462. The molecule has 92 valence electrons. The van der Waals surface area contributed by atoms with Crippen LogP contribution in [0.5, 0.6) is 0 Å². The molecule has 0 aromatic heterocycles. The predicted molar refractivity (Wildman–Crippen MR) is 69.9 cm³/mol. The van der Waals surface area contributed by atoms with Gasteiger partial charge in [-0.25, -0.2) is 0 Å². The highest BCUT2D eigenvalue weighted by Crippen LogP contribution is 2.52. The topological polar surface area (TPSA) is 52.3 Å². The summed E-state index contributed by atoms with van der Waals surface area (Å²) in [5.74, 6) is 0.881. The van der Waals surface area contributed by atoms with Gasteiger partial charge >= 0.3 is 5.97 Å². The second-order valence-electron chi connectivity index (χ2n) is 4.61. The maximum Gasteiger partial charge on any atom is 0.306 e. The first-order chi connectivity index (χ1) is 8.13. The molecule has 0 spiro atoms. The van der Waals surface area contributed by atoms with Crippen LogP contribution in [0.3, 0.4) is 0 Å². The van der Waals surface area contributed by atoms with Gasteiger partial charge in [0.05, 0.1) is 13.5 Å². The second-order valence-corrected chi connectivity index (χ2v) is 5.66. The lowest BCUT2D eigenvalue weighted by Crippen LogP contribution is -2.12. The number of nitrogen functional groups attached to an aromatic ring is 1. The van der Waals surface area contributed by atoms with Crippen molar-refractivity contribution in [1.82, 2.24) is 0 Å². The first-order valence-corrected chi connectivity index (χ1v) is 6.67. The van der Waals surface area contributed by atoms with Gasteiger partial charge < -0.3 is 10.5 Å². The van der Waals surface area contributed by atoms with Crippen LogP contribution in [0.25, 0.3) is 0 Å². The molecule has 17 heavy (non-hydrogen) atoms. The van der Waals surface area contributed by atoms with Crippen molar-refractivity contribution in [2.24, 2.45) is 5.41 Å². The van der Waals surface area contributed by atoms with Crippen molar-refractivity contribution in [2.45, 2.75) is 24.2 Å². The average Bonchev–Trinajstić information content (AvgIpc) is 3.09. The molecule has 3 nitrogen and oxygen atoms in total. The molecular weight excluding hydrogens is 234 g/mol. The third-order valence-electron chi connectivity index (χ3n) is 3.13. The summed E-state index contributed by atoms with van der Waals surface area (Å²) in [6, 6.07) is 7.85. The Labute approximate surface area is 106 Å². The molecule has 0 saturated heterocycles. The largest absolute Gasteiger partial charge is 0.469 e. The Morgan fingerprint density at radius 3 is 2.59 bits per heavy atom. The second kappa shape index (κ2) is 5.00. The normalized spacial score (nSPS) is 16.5. The van der Waals surface area contributed by atoms with Crippen molar-refractivity contribution in [1.29, 1.82) is 0 Å². The number of thioether (sulfide) groups is 1. The zero-order chi connectivity index (χ0) is 12.3. The van der Waals surface area contributed by atoms with Gasteiger partial charge in [-0.05, 0) is 42.5 Å². The lowest BCUT2D eigenvalue weighted by Gasteiger charge is -2.12. The molecule has 0 heterocycles. The minimum Gasteiger partial charge on any atom is -0.469 e. The summed E-state index contributed by atoms with van der Waals surface area (Å²) in [6.07, 6.45) is 2.81. The molecule has 1 saturated carbocycles. The molecule has 0 bridgehead atoms. The molecule has 1 fully saturated rings. The van der Waals surface area contributed by atoms with E-state index in [1.54, 1.807) is 11.8 Å². The number of hydrogen-bond donors (Lipinski definition) is 1. The van der Waals surface area contributed by atoms with E-state index in [4.69, 9.17) is 10.5 Å². The molecule has 4 heteroatoms. The Balaban J connectivity index is 1.85. The van der Waals surface area contributed by atoms with Crippen LogP contribution in [0, 0.1) is 5.41 Å². The van der Waals surface area contributed by atoms with E-state index in [-0.39, 0.29) is 11.4 Å². The molecule has 0 atom stereocenters. The van der Waals surface area contributed by atoms with E-state index in [0.29, 0.717) is 6.42 Å². The zero-order valence-corrected chi connectivity index (χ0v) is 10.8. The fourth-order valence-corrected chi connectivity index (χ4v) is 2.92. The summed E-state index contributed by atoms with van der Waals surface area (Å²) in [6.45, 7) is 0. The zero-order valence-electron chi connectivity index (χ0n) is 9.94. The monoisotopic (exact) mass is 251 g/mol. The lowest BCUT2D eigenvalue weighted by atomic mass is 10.1. The first kappa shape index (κ1) is 12.3. The van der Waals surface area contributed by atoms with Gasteiger partial charge in [0.15, 0.2) is 0 Å². The molecule has 1 aliphatic carbocycles. The van der Waals surface area contributed by atoms with Gasteiger partial charge in [0.2, 0.25) is 0 Å². The molecule has 2 N–H and O–H groups in total. The molecule has 1 aromatic rings. The van der Waals surface area contributed by atoms with Crippen LogP contribution in [0.1, 0.15) is 19.3 Å². The Morgan fingerprint density at radius 2 is 2.06 bits per heavy atom. The number of ether oxygens (including phenoxy) is 1. The Hall–Kier alpha value is -1.16. The van der Waals surface area contributed by atoms with Gasteiger partial charge in [-0.3, -0.25) is 4.79 Å². The molecule has 0 aliphatic heterocycles. The highest BCUT2D eigenvalue weighted by atomic mass is 32.2. The van der Waals surface area contributed by atoms with Crippen LogP contribution < -0.4 is 5.73 Å². The average molecular weight is 251 g/mol. The molecule has 1 aromatic carbocycles. The van der Waals surface area contributed by atoms with Gasteiger partial charge in [-0.15, -0.1) is 11.8 Å². The third-order valence-corrected chi connectivity index (χ3v) is 4.49. The van der Waals surface area contributed by atoms with Crippen LogP contribution in [0.15, 0.2) is 29.2 Å². The van der Waals surface area contributed by atoms with Crippen molar-refractivity contribution in [2.75, 3.05) is 18.6 Å². The Morgan fingerprint density at radius 1 is 1.41 bits per heavy atom. The number of anilines is 1. The third kappa shape index (κ3) is 3.40. The number of hydrogen-bond acceptors (Lipinski definition) is 4. The van der Waals surface area contributed by atoms with Crippen molar-refractivity contribution in [3.8, 4) is 0 Å². The van der Waals surface area contributed by atoms with Gasteiger partial charge in [-0.2, -0.15) is 0 Å². The summed E-state index contributed by atoms with van der Waals surface area (Å²) in [5, 5.41) is 0. The van der Waals surface area contributed by atoms with Crippen LogP contribution in [-0.4, -0.2) is 18.8 Å². The molecule has 0 amide bonds. The molecule has 2 rings (SSSR count). The quantitative estimate of drug-likeness (QED) is 0.496. The van der Waals surface area contributed by atoms with Crippen LogP contribution >= 0.6 is 11.8 Å². The number of esters is 1. The van der Waals surface area contributed by atoms with Crippen LogP contribution in [0.4, 0.5) is 5.69 Å². The van der Waals surface area contributed by atoms with Gasteiger partial charge in [0.1, 0.15) is 0 Å². The Bertz CT molecular complexity index is 398. The van der Waals surface area contributed by atoms with Gasteiger partial charge in [-0.1, -0.05) is 0 Å². The highest BCUT2D eigenvalue weighted by molar-refractivity contribution is 7.99. The van der Waals surface area contributed by atoms with Crippen molar-refractivity contribution in [3.63, 3.8) is 0 Å². The predicted octanol–water partition coefficient (Wildman–Crippen LogP) is 2.70. The summed E-state index contributed by atoms with van der Waals surface area (Å²) in [4.78, 5) is 12.5. The smallest absolute Gasteiger partial charge is 0.306 e. The van der Waals surface area contributed by atoms with Crippen molar-refractivity contribution < 1.29 is 9.53 Å². The van der Waals surface area contributed by atoms with E-state index in [1.165, 1.54) is 12.0 Å². The van der Waals surface area contributed by atoms with Gasteiger partial charge in [0.25, 0.3) is 0 Å². The molecule has 1 aliphatic rings. The first-order valence-electron chi connectivity index (χ1n) is 5.69. The minimum atomic E-state index is -0.0968. The van der Waals surface area contributed by atoms with E-state index in [2.05, 4.69) is 0 Å². The number of benzene rings is 1. The van der Waals surface area contributed by atoms with Crippen LogP contribution in [-0.2, 0) is 9.53 Å². The minimum absolute atomic E-state index is 0.0968. The number of methoxy groups -OCH3 is 1. The maximum absolute atomic E-state index is 11.3. The number of rotatable bonds is 5. The molecular formula is C13H17NO2S. The number of nitrogens with two attached hydrogens (primary N) is 1. The van der Waals surface area contributed by atoms with Gasteiger partial charge in [0, 0.05) is 16.3 Å². The summed E-state index contributed by atoms with van der Waals surface area (Å²) in [7, 11) is 1.45. The summed E-state index contributed by atoms with van der Waals surface area (Å²) < 4.78 is 4.73. The SMILES string of the molecule is COC(=O)CC1(CSc2ccc(N)cc2)CC1. The van der Waals surface area contributed by atoms with E-state index < -0.39 is 0 Å². The summed E-state index contributed by atoms with van der Waals surface area (Å²) >= 11 is 1.79. The van der Waals surface area contributed by atoms with E-state index >= 15 is 0 Å². The maximum atomic E-state index is 11.3. The standard InChI is InChI=1S/C13H17NO2S/c1-16-12(15)8-13(6-7-13)9-17-11-4-2-10(14)3-5-11/h2-5H,6-9,14H2,1H3. The molecule has 0 unspecified atom stereocenters. The fourth-order valence-electron chi connectivity index (χ4n) is 1.73. The van der Waals surface area contributed by atoms with Crippen LogP contribution in [0.2, 0.25) is 0 Å². The van der Waals surface area contributed by atoms with Crippen molar-refractivity contribution >= 4 is 23.4 Å². The number of carbonyl (C=O) groups excluding carboxylic acids is 1. The van der Waals surface area contributed by atoms with E-state index in [1.807, 2.05) is 24.3 Å². The highest BCUT2D eigenvalue weighted by Gasteiger charge is 2.44. The number of carbonyl (C=O) groups is 1. The van der Waals surface area contributed by atoms with Crippen molar-refractivity contribution in [3.05, 3.63) is 24.3 Å². The lowest BCUT2D eigenvalue weighted by molar-refractivity contribution is -0.141. The Kier molecular flexibility index (Phi) is 3.62.